The monoisotopic (exact) mass is 343 g/mol. The van der Waals surface area contributed by atoms with Crippen molar-refractivity contribution in [3.05, 3.63) is 28.5 Å². The summed E-state index contributed by atoms with van der Waals surface area (Å²) in [6, 6.07) is 1.95. The van der Waals surface area contributed by atoms with Crippen molar-refractivity contribution in [3.63, 3.8) is 0 Å². The summed E-state index contributed by atoms with van der Waals surface area (Å²) in [6.45, 7) is 5.53. The van der Waals surface area contributed by atoms with Crippen molar-refractivity contribution in [3.8, 4) is 17.0 Å². The van der Waals surface area contributed by atoms with Gasteiger partial charge in [0, 0.05) is 0 Å². The van der Waals surface area contributed by atoms with E-state index in [1.165, 1.54) is 0 Å². The third-order valence-corrected chi connectivity index (χ3v) is 4.22. The summed E-state index contributed by atoms with van der Waals surface area (Å²) < 4.78 is 10.8. The van der Waals surface area contributed by atoms with E-state index < -0.39 is 0 Å². The molecule has 0 saturated heterocycles. The topological polar surface area (TPSA) is 89.7 Å². The number of aromatic amines is 1. The first-order valence-electron chi connectivity index (χ1n) is 7.33. The molecule has 0 aliphatic heterocycles. The van der Waals surface area contributed by atoms with Gasteiger partial charge >= 0.3 is 0 Å². The van der Waals surface area contributed by atoms with Gasteiger partial charge in [-0.15, -0.1) is 0 Å². The SMILES string of the molecule is COc1nc2c(cc1-c1c(C)noc1C)[nH]c1nc(C)nc(Cl)c12. The maximum Gasteiger partial charge on any atom is 0.221 e. The molecule has 1 N–H and O–H groups in total. The van der Waals surface area contributed by atoms with Crippen LogP contribution in [0, 0.1) is 20.8 Å². The summed E-state index contributed by atoms with van der Waals surface area (Å²) in [5, 5.41) is 5.05. The van der Waals surface area contributed by atoms with E-state index in [4.69, 9.17) is 20.9 Å². The van der Waals surface area contributed by atoms with Gasteiger partial charge in [-0.25, -0.2) is 15.0 Å². The van der Waals surface area contributed by atoms with Gasteiger partial charge in [-0.2, -0.15) is 0 Å². The quantitative estimate of drug-likeness (QED) is 0.557. The van der Waals surface area contributed by atoms with Gasteiger partial charge < -0.3 is 14.2 Å². The van der Waals surface area contributed by atoms with Gasteiger partial charge in [0.05, 0.1) is 34.8 Å². The Morgan fingerprint density at radius 3 is 2.62 bits per heavy atom. The number of H-pyrrole nitrogens is 1. The van der Waals surface area contributed by atoms with Crippen molar-refractivity contribution < 1.29 is 9.26 Å². The lowest BCUT2D eigenvalue weighted by Gasteiger charge is -2.07. The second kappa shape index (κ2) is 5.17. The van der Waals surface area contributed by atoms with Crippen molar-refractivity contribution in [1.82, 2.24) is 25.1 Å². The van der Waals surface area contributed by atoms with Gasteiger partial charge in [0.15, 0.2) is 0 Å². The summed E-state index contributed by atoms with van der Waals surface area (Å²) in [5.41, 5.74) is 4.55. The van der Waals surface area contributed by atoms with E-state index in [1.807, 2.05) is 19.9 Å². The molecule has 0 atom stereocenters. The average Bonchev–Trinajstić information content (AvgIpc) is 3.05. The molecule has 4 rings (SSSR count). The smallest absolute Gasteiger partial charge is 0.221 e. The molecule has 0 aliphatic carbocycles. The summed E-state index contributed by atoms with van der Waals surface area (Å²) in [7, 11) is 1.58. The number of rotatable bonds is 2. The Morgan fingerprint density at radius 1 is 1.17 bits per heavy atom. The largest absolute Gasteiger partial charge is 0.481 e. The minimum Gasteiger partial charge on any atom is -0.481 e. The molecule has 0 unspecified atom stereocenters. The minimum atomic E-state index is 0.364. The lowest BCUT2D eigenvalue weighted by molar-refractivity contribution is 0.392. The van der Waals surface area contributed by atoms with Gasteiger partial charge in [0.1, 0.15) is 27.9 Å². The fraction of sp³-hybridized carbons (Fsp3) is 0.250. The normalized spacial score (nSPS) is 11.5. The number of fused-ring (bicyclic) bond motifs is 3. The Balaban J connectivity index is 2.10. The van der Waals surface area contributed by atoms with Gasteiger partial charge in [-0.3, -0.25) is 0 Å². The molecular weight excluding hydrogens is 330 g/mol. The molecule has 24 heavy (non-hydrogen) atoms. The molecule has 0 radical (unpaired) electrons. The van der Waals surface area contributed by atoms with Crippen LogP contribution in [0.1, 0.15) is 17.3 Å². The van der Waals surface area contributed by atoms with Crippen LogP contribution < -0.4 is 4.74 Å². The highest BCUT2D eigenvalue weighted by atomic mass is 35.5. The van der Waals surface area contributed by atoms with E-state index in [9.17, 15) is 0 Å². The second-order valence-electron chi connectivity index (χ2n) is 5.55. The van der Waals surface area contributed by atoms with Crippen LogP contribution in [0.15, 0.2) is 10.6 Å². The van der Waals surface area contributed by atoms with Crippen LogP contribution in [-0.4, -0.2) is 32.2 Å². The van der Waals surface area contributed by atoms with E-state index >= 15 is 0 Å². The third-order valence-electron chi connectivity index (χ3n) is 3.95. The zero-order valence-electron chi connectivity index (χ0n) is 13.6. The summed E-state index contributed by atoms with van der Waals surface area (Å²) in [5.74, 6) is 1.77. The van der Waals surface area contributed by atoms with Crippen LogP contribution in [0.2, 0.25) is 5.15 Å². The number of hydrogen-bond donors (Lipinski definition) is 1. The molecule has 4 aromatic heterocycles. The van der Waals surface area contributed by atoms with Crippen LogP contribution in [-0.2, 0) is 0 Å². The van der Waals surface area contributed by atoms with Crippen molar-refractivity contribution in [2.24, 2.45) is 0 Å². The maximum atomic E-state index is 6.29. The van der Waals surface area contributed by atoms with Crippen LogP contribution in [0.3, 0.4) is 0 Å². The van der Waals surface area contributed by atoms with Crippen molar-refractivity contribution in [2.45, 2.75) is 20.8 Å². The Hall–Kier alpha value is -2.67. The standard InChI is InChI=1S/C16H14ClN5O2/c1-6-11(7(2)24-22-6)9-5-10-13(21-16(9)23-4)12-14(17)18-8(3)19-15(12)20-10/h5H,1-4H3,(H,18,19,20). The van der Waals surface area contributed by atoms with Crippen molar-refractivity contribution in [2.75, 3.05) is 7.11 Å². The predicted octanol–water partition coefficient (Wildman–Crippen LogP) is 3.75. The molecule has 0 amide bonds. The van der Waals surface area contributed by atoms with Crippen LogP contribution in [0.5, 0.6) is 5.88 Å². The lowest BCUT2D eigenvalue weighted by atomic mass is 10.0. The molecule has 4 heterocycles. The Morgan fingerprint density at radius 2 is 1.96 bits per heavy atom. The molecule has 7 nitrogen and oxygen atoms in total. The van der Waals surface area contributed by atoms with E-state index in [-0.39, 0.29) is 0 Å². The molecule has 0 aliphatic rings. The Labute approximate surface area is 142 Å². The Kier molecular flexibility index (Phi) is 3.21. The van der Waals surface area contributed by atoms with Crippen LogP contribution in [0.25, 0.3) is 33.2 Å². The van der Waals surface area contributed by atoms with Gasteiger partial charge in [0.2, 0.25) is 5.88 Å². The molecule has 0 saturated carbocycles. The van der Waals surface area contributed by atoms with Crippen molar-refractivity contribution >= 4 is 33.7 Å². The van der Waals surface area contributed by atoms with Gasteiger partial charge in [0.25, 0.3) is 0 Å². The molecule has 8 heteroatoms. The van der Waals surface area contributed by atoms with E-state index in [1.54, 1.807) is 14.0 Å². The number of methoxy groups -OCH3 is 1. The zero-order chi connectivity index (χ0) is 17.0. The first kappa shape index (κ1) is 14.9. The highest BCUT2D eigenvalue weighted by Gasteiger charge is 2.21. The fourth-order valence-electron chi connectivity index (χ4n) is 2.95. The van der Waals surface area contributed by atoms with E-state index in [0.717, 1.165) is 22.3 Å². The number of pyridine rings is 1. The van der Waals surface area contributed by atoms with Crippen LogP contribution >= 0.6 is 11.6 Å². The number of aryl methyl sites for hydroxylation is 3. The molecule has 0 fully saturated rings. The fourth-order valence-corrected chi connectivity index (χ4v) is 3.25. The lowest BCUT2D eigenvalue weighted by Crippen LogP contribution is -1.94. The molecular formula is C16H14ClN5O2. The maximum absolute atomic E-state index is 6.29. The number of hydrogen-bond acceptors (Lipinski definition) is 6. The number of nitrogens with one attached hydrogen (secondary N) is 1. The molecule has 122 valence electrons. The Bertz CT molecular complexity index is 1080. The number of aromatic nitrogens is 5. The minimum absolute atomic E-state index is 0.364. The molecule has 0 aromatic carbocycles. The van der Waals surface area contributed by atoms with Crippen molar-refractivity contribution in [1.29, 1.82) is 0 Å². The van der Waals surface area contributed by atoms with Gasteiger partial charge in [-0.05, 0) is 26.8 Å². The third kappa shape index (κ3) is 2.05. The van der Waals surface area contributed by atoms with E-state index in [2.05, 4.69) is 25.1 Å². The highest BCUT2D eigenvalue weighted by molar-refractivity contribution is 6.36. The predicted molar refractivity (Wildman–Crippen MR) is 90.5 cm³/mol. The van der Waals surface area contributed by atoms with Gasteiger partial charge in [-0.1, -0.05) is 16.8 Å². The number of halogens is 1. The number of nitrogens with zero attached hydrogens (tertiary/aromatic N) is 4. The number of ether oxygens (including phenoxy) is 1. The molecule has 4 aromatic rings. The average molecular weight is 344 g/mol. The van der Waals surface area contributed by atoms with E-state index in [0.29, 0.717) is 39.2 Å². The molecule has 0 bridgehead atoms. The van der Waals surface area contributed by atoms with Crippen LogP contribution in [0.4, 0.5) is 0 Å². The molecule has 0 spiro atoms. The zero-order valence-corrected chi connectivity index (χ0v) is 14.3. The summed E-state index contributed by atoms with van der Waals surface area (Å²) in [4.78, 5) is 16.5. The summed E-state index contributed by atoms with van der Waals surface area (Å²) in [6.07, 6.45) is 0. The summed E-state index contributed by atoms with van der Waals surface area (Å²) >= 11 is 6.29. The second-order valence-corrected chi connectivity index (χ2v) is 5.91. The highest BCUT2D eigenvalue weighted by Crippen LogP contribution is 2.38. The first-order chi connectivity index (χ1) is 11.5. The first-order valence-corrected chi connectivity index (χ1v) is 7.71.